The minimum atomic E-state index is -0.934. The second kappa shape index (κ2) is 4.55. The molecule has 0 aliphatic carbocycles. The van der Waals surface area contributed by atoms with Gasteiger partial charge in [0.25, 0.3) is 0 Å². The zero-order valence-corrected chi connectivity index (χ0v) is 9.80. The number of carboxylic acid groups (broad SMARTS) is 1. The highest BCUT2D eigenvalue weighted by molar-refractivity contribution is 5.92. The van der Waals surface area contributed by atoms with Gasteiger partial charge in [0.15, 0.2) is 0 Å². The molecule has 2 aromatic rings. The minimum absolute atomic E-state index is 0.258. The molecule has 0 aliphatic rings. The van der Waals surface area contributed by atoms with Crippen molar-refractivity contribution in [3.63, 3.8) is 0 Å². The number of aromatic nitrogens is 2. The van der Waals surface area contributed by atoms with E-state index in [0.29, 0.717) is 18.7 Å². The summed E-state index contributed by atoms with van der Waals surface area (Å²) < 4.78 is 7.06. The molecule has 0 spiro atoms. The lowest BCUT2D eigenvalue weighted by molar-refractivity contribution is 0.0697. The third-order valence-electron chi connectivity index (χ3n) is 2.71. The van der Waals surface area contributed by atoms with Gasteiger partial charge in [0, 0.05) is 13.7 Å². The molecule has 0 unspecified atom stereocenters. The first-order valence-electron chi connectivity index (χ1n) is 5.32. The van der Waals surface area contributed by atoms with Crippen molar-refractivity contribution in [3.05, 3.63) is 29.6 Å². The molecular formula is C12H14N2O3. The van der Waals surface area contributed by atoms with Crippen LogP contribution in [-0.2, 0) is 11.3 Å². The lowest BCUT2D eigenvalue weighted by Crippen LogP contribution is -2.05. The summed E-state index contributed by atoms with van der Waals surface area (Å²) in [7, 11) is 1.65. The van der Waals surface area contributed by atoms with Crippen LogP contribution in [0, 0.1) is 6.92 Å². The highest BCUT2D eigenvalue weighted by atomic mass is 16.5. The Morgan fingerprint density at radius 1 is 1.53 bits per heavy atom. The summed E-state index contributed by atoms with van der Waals surface area (Å²) in [5.41, 5.74) is 1.90. The molecule has 5 nitrogen and oxygen atoms in total. The van der Waals surface area contributed by atoms with Crippen LogP contribution in [0.15, 0.2) is 18.2 Å². The lowest BCUT2D eigenvalue weighted by Gasteiger charge is -2.05. The molecule has 0 aliphatic heterocycles. The molecule has 1 aromatic heterocycles. The van der Waals surface area contributed by atoms with Gasteiger partial charge in [-0.2, -0.15) is 0 Å². The van der Waals surface area contributed by atoms with E-state index in [1.165, 1.54) is 0 Å². The number of aromatic carboxylic acids is 1. The third-order valence-corrected chi connectivity index (χ3v) is 2.71. The van der Waals surface area contributed by atoms with Crippen molar-refractivity contribution in [1.82, 2.24) is 9.55 Å². The van der Waals surface area contributed by atoms with E-state index >= 15 is 0 Å². The van der Waals surface area contributed by atoms with Crippen molar-refractivity contribution in [2.24, 2.45) is 0 Å². The summed E-state index contributed by atoms with van der Waals surface area (Å²) in [5.74, 6) is -0.0735. The van der Waals surface area contributed by atoms with Crippen LogP contribution >= 0.6 is 0 Å². The first-order valence-corrected chi connectivity index (χ1v) is 5.32. The Bertz CT molecular complexity index is 560. The molecule has 17 heavy (non-hydrogen) atoms. The zero-order valence-electron chi connectivity index (χ0n) is 9.80. The first-order chi connectivity index (χ1) is 8.13. The summed E-state index contributed by atoms with van der Waals surface area (Å²) in [5, 5.41) is 8.91. The number of ether oxygens (including phenoxy) is 1. The predicted molar refractivity (Wildman–Crippen MR) is 63.3 cm³/mol. The molecule has 0 saturated carbocycles. The fraction of sp³-hybridized carbons (Fsp3) is 0.333. The summed E-state index contributed by atoms with van der Waals surface area (Å²) in [4.78, 5) is 15.2. The van der Waals surface area contributed by atoms with Crippen LogP contribution in [0.1, 0.15) is 16.2 Å². The number of aryl methyl sites for hydroxylation is 1. The number of carbonyl (C=O) groups is 1. The van der Waals surface area contributed by atoms with Crippen LogP contribution in [0.25, 0.3) is 11.0 Å². The van der Waals surface area contributed by atoms with Gasteiger partial charge in [-0.05, 0) is 25.1 Å². The van der Waals surface area contributed by atoms with Gasteiger partial charge < -0.3 is 14.4 Å². The standard InChI is InChI=1S/C12H14N2O3/c1-8-13-10-7-9(12(15)16)3-4-11(10)14(8)5-6-17-2/h3-4,7H,5-6H2,1-2H3,(H,15,16). The van der Waals surface area contributed by atoms with Gasteiger partial charge >= 0.3 is 5.97 Å². The molecule has 1 heterocycles. The minimum Gasteiger partial charge on any atom is -0.478 e. The molecule has 0 radical (unpaired) electrons. The Labute approximate surface area is 98.6 Å². The molecule has 1 N–H and O–H groups in total. The fourth-order valence-electron chi connectivity index (χ4n) is 1.85. The monoisotopic (exact) mass is 234 g/mol. The van der Waals surface area contributed by atoms with Gasteiger partial charge in [-0.15, -0.1) is 0 Å². The molecular weight excluding hydrogens is 220 g/mol. The van der Waals surface area contributed by atoms with Gasteiger partial charge in [-0.3, -0.25) is 0 Å². The van der Waals surface area contributed by atoms with Crippen LogP contribution in [0.4, 0.5) is 0 Å². The SMILES string of the molecule is COCCn1c(C)nc2cc(C(=O)O)ccc21. The summed E-state index contributed by atoms with van der Waals surface area (Å²) in [6.45, 7) is 3.22. The average molecular weight is 234 g/mol. The summed E-state index contributed by atoms with van der Waals surface area (Å²) >= 11 is 0. The number of imidazole rings is 1. The smallest absolute Gasteiger partial charge is 0.335 e. The van der Waals surface area contributed by atoms with Gasteiger partial charge in [-0.1, -0.05) is 0 Å². The number of fused-ring (bicyclic) bond motifs is 1. The average Bonchev–Trinajstić information content (AvgIpc) is 2.61. The van der Waals surface area contributed by atoms with Crippen LogP contribution in [0.2, 0.25) is 0 Å². The van der Waals surface area contributed by atoms with E-state index in [0.717, 1.165) is 11.3 Å². The second-order valence-electron chi connectivity index (χ2n) is 3.81. The van der Waals surface area contributed by atoms with Gasteiger partial charge in [0.05, 0.1) is 23.2 Å². The van der Waals surface area contributed by atoms with Gasteiger partial charge in [0.2, 0.25) is 0 Å². The first kappa shape index (κ1) is 11.6. The third kappa shape index (κ3) is 2.14. The van der Waals surface area contributed by atoms with Crippen molar-refractivity contribution in [2.75, 3.05) is 13.7 Å². The Morgan fingerprint density at radius 3 is 2.94 bits per heavy atom. The van der Waals surface area contributed by atoms with E-state index in [4.69, 9.17) is 9.84 Å². The number of methoxy groups -OCH3 is 1. The highest BCUT2D eigenvalue weighted by Gasteiger charge is 2.10. The number of hydrogen-bond donors (Lipinski definition) is 1. The molecule has 5 heteroatoms. The highest BCUT2D eigenvalue weighted by Crippen LogP contribution is 2.17. The number of carboxylic acids is 1. The largest absolute Gasteiger partial charge is 0.478 e. The van der Waals surface area contributed by atoms with E-state index in [2.05, 4.69) is 4.98 Å². The van der Waals surface area contributed by atoms with Crippen LogP contribution in [-0.4, -0.2) is 34.3 Å². The summed E-state index contributed by atoms with van der Waals surface area (Å²) in [6, 6.07) is 4.97. The van der Waals surface area contributed by atoms with E-state index in [-0.39, 0.29) is 5.56 Å². The van der Waals surface area contributed by atoms with Crippen molar-refractivity contribution < 1.29 is 14.6 Å². The van der Waals surface area contributed by atoms with Crippen molar-refractivity contribution in [1.29, 1.82) is 0 Å². The normalized spacial score (nSPS) is 10.9. The summed E-state index contributed by atoms with van der Waals surface area (Å²) in [6.07, 6.45) is 0. The Kier molecular flexibility index (Phi) is 3.10. The molecule has 0 atom stereocenters. The van der Waals surface area contributed by atoms with Gasteiger partial charge in [-0.25, -0.2) is 9.78 Å². The molecule has 90 valence electrons. The number of benzene rings is 1. The van der Waals surface area contributed by atoms with E-state index < -0.39 is 5.97 Å². The van der Waals surface area contributed by atoms with Crippen molar-refractivity contribution in [3.8, 4) is 0 Å². The maximum Gasteiger partial charge on any atom is 0.335 e. The van der Waals surface area contributed by atoms with Crippen molar-refractivity contribution in [2.45, 2.75) is 13.5 Å². The fourth-order valence-corrected chi connectivity index (χ4v) is 1.85. The van der Waals surface area contributed by atoms with Crippen LogP contribution in [0.3, 0.4) is 0 Å². The Hall–Kier alpha value is -1.88. The predicted octanol–water partition coefficient (Wildman–Crippen LogP) is 1.69. The molecule has 2 rings (SSSR count). The molecule has 0 bridgehead atoms. The molecule has 0 fully saturated rings. The topological polar surface area (TPSA) is 64.4 Å². The van der Waals surface area contributed by atoms with Crippen LogP contribution < -0.4 is 0 Å². The molecule has 0 saturated heterocycles. The zero-order chi connectivity index (χ0) is 12.4. The van der Waals surface area contributed by atoms with E-state index in [9.17, 15) is 4.79 Å². The number of nitrogens with zero attached hydrogens (tertiary/aromatic N) is 2. The van der Waals surface area contributed by atoms with Gasteiger partial charge in [0.1, 0.15) is 5.82 Å². The molecule has 1 aromatic carbocycles. The second-order valence-corrected chi connectivity index (χ2v) is 3.81. The van der Waals surface area contributed by atoms with Crippen molar-refractivity contribution >= 4 is 17.0 Å². The Morgan fingerprint density at radius 2 is 2.29 bits per heavy atom. The number of hydrogen-bond acceptors (Lipinski definition) is 3. The van der Waals surface area contributed by atoms with Crippen LogP contribution in [0.5, 0.6) is 0 Å². The van der Waals surface area contributed by atoms with E-state index in [1.54, 1.807) is 25.3 Å². The maximum absolute atomic E-state index is 10.9. The lowest BCUT2D eigenvalue weighted by atomic mass is 10.2. The Balaban J connectivity index is 2.48. The number of rotatable bonds is 4. The quantitative estimate of drug-likeness (QED) is 0.874. The van der Waals surface area contributed by atoms with E-state index in [1.807, 2.05) is 11.5 Å². The molecule has 0 amide bonds. The maximum atomic E-state index is 10.9.